The van der Waals surface area contributed by atoms with Crippen LogP contribution in [-0.4, -0.2) is 43.5 Å². The Morgan fingerprint density at radius 3 is 2.42 bits per heavy atom. The molecule has 0 atom stereocenters. The van der Waals surface area contributed by atoms with Crippen LogP contribution in [0.1, 0.15) is 0 Å². The summed E-state index contributed by atoms with van der Waals surface area (Å²) in [5.74, 6) is -2.51. The van der Waals surface area contributed by atoms with Gasteiger partial charge < -0.3 is 15.9 Å². The lowest BCUT2D eigenvalue weighted by atomic mass is 10.1. The molecular formula is C16H16N4O4. The van der Waals surface area contributed by atoms with Crippen LogP contribution >= 0.6 is 0 Å². The van der Waals surface area contributed by atoms with Crippen LogP contribution in [0.2, 0.25) is 0 Å². The highest BCUT2D eigenvalue weighted by molar-refractivity contribution is 6.02. The number of carbonyl (C=O) groups is 2. The zero-order chi connectivity index (χ0) is 17.5. The first kappa shape index (κ1) is 17.1. The van der Waals surface area contributed by atoms with Crippen LogP contribution in [0.15, 0.2) is 48.8 Å². The third-order valence-electron chi connectivity index (χ3n) is 3.08. The van der Waals surface area contributed by atoms with Crippen molar-refractivity contribution in [3.8, 4) is 0 Å². The Morgan fingerprint density at radius 1 is 1.12 bits per heavy atom. The molecule has 1 aromatic carbocycles. The number of nitrogens with zero attached hydrogens (tertiary/aromatic N) is 3. The first-order valence-corrected chi connectivity index (χ1v) is 7.06. The minimum absolute atomic E-state index is 0.558. The fourth-order valence-corrected chi connectivity index (χ4v) is 2.14. The molecule has 3 rings (SSSR count). The maximum Gasteiger partial charge on any atom is 0.328 e. The van der Waals surface area contributed by atoms with E-state index in [-0.39, 0.29) is 0 Å². The summed E-state index contributed by atoms with van der Waals surface area (Å²) in [5.41, 5.74) is 7.64. The summed E-state index contributed by atoms with van der Waals surface area (Å²) in [6.45, 7) is 1.30. The molecule has 8 heteroatoms. The van der Waals surface area contributed by atoms with Crippen molar-refractivity contribution in [1.29, 1.82) is 0 Å². The second-order valence-electron chi connectivity index (χ2n) is 4.74. The fourth-order valence-electron chi connectivity index (χ4n) is 2.14. The molecule has 0 aliphatic carbocycles. The van der Waals surface area contributed by atoms with Crippen LogP contribution in [0.3, 0.4) is 0 Å². The number of carboxylic acids is 2. The van der Waals surface area contributed by atoms with Crippen molar-refractivity contribution in [1.82, 2.24) is 14.8 Å². The molecule has 0 saturated heterocycles. The van der Waals surface area contributed by atoms with Gasteiger partial charge in [0.25, 0.3) is 0 Å². The van der Waals surface area contributed by atoms with E-state index in [4.69, 9.17) is 15.9 Å². The number of hydrogen-bond acceptors (Lipinski definition) is 5. The van der Waals surface area contributed by atoms with Crippen molar-refractivity contribution in [3.63, 3.8) is 0 Å². The topological polar surface area (TPSA) is 131 Å². The van der Waals surface area contributed by atoms with Gasteiger partial charge in [-0.2, -0.15) is 5.10 Å². The van der Waals surface area contributed by atoms with Crippen molar-refractivity contribution in [2.75, 3.05) is 6.54 Å². The van der Waals surface area contributed by atoms with Crippen molar-refractivity contribution in [3.05, 3.63) is 48.8 Å². The average molecular weight is 328 g/mol. The number of aliphatic carboxylic acids is 2. The molecule has 0 fully saturated rings. The van der Waals surface area contributed by atoms with Gasteiger partial charge >= 0.3 is 11.9 Å². The van der Waals surface area contributed by atoms with Gasteiger partial charge in [-0.05, 0) is 6.07 Å². The van der Waals surface area contributed by atoms with E-state index < -0.39 is 11.9 Å². The van der Waals surface area contributed by atoms with Gasteiger partial charge in [-0.1, -0.05) is 18.2 Å². The van der Waals surface area contributed by atoms with Crippen LogP contribution in [0.4, 0.5) is 0 Å². The molecule has 3 aromatic rings. The highest BCUT2D eigenvalue weighted by Gasteiger charge is 2.06. The van der Waals surface area contributed by atoms with Gasteiger partial charge in [0.1, 0.15) is 0 Å². The predicted molar refractivity (Wildman–Crippen MR) is 88.5 cm³/mol. The third kappa shape index (κ3) is 4.14. The van der Waals surface area contributed by atoms with Crippen molar-refractivity contribution in [2.45, 2.75) is 6.54 Å². The lowest BCUT2D eigenvalue weighted by Gasteiger charge is -2.03. The van der Waals surface area contributed by atoms with E-state index in [1.165, 1.54) is 0 Å². The monoisotopic (exact) mass is 328 g/mol. The minimum Gasteiger partial charge on any atom is -0.478 e. The normalized spacial score (nSPS) is 10.7. The number of hydrogen-bond donors (Lipinski definition) is 3. The molecule has 0 saturated carbocycles. The van der Waals surface area contributed by atoms with Crippen LogP contribution < -0.4 is 5.73 Å². The Balaban J connectivity index is 0.000000224. The van der Waals surface area contributed by atoms with Gasteiger partial charge in [-0.25, -0.2) is 9.59 Å². The van der Waals surface area contributed by atoms with E-state index in [0.717, 1.165) is 28.4 Å². The van der Waals surface area contributed by atoms with Gasteiger partial charge in [0.05, 0.1) is 23.8 Å². The van der Waals surface area contributed by atoms with Gasteiger partial charge in [-0.3, -0.25) is 9.67 Å². The summed E-state index contributed by atoms with van der Waals surface area (Å²) in [5, 5.41) is 22.2. The lowest BCUT2D eigenvalue weighted by molar-refractivity contribution is -0.134. The first-order valence-electron chi connectivity index (χ1n) is 7.06. The minimum atomic E-state index is -1.26. The van der Waals surface area contributed by atoms with Crippen molar-refractivity contribution >= 4 is 33.7 Å². The van der Waals surface area contributed by atoms with Gasteiger partial charge in [0.2, 0.25) is 0 Å². The van der Waals surface area contributed by atoms with E-state index in [1.54, 1.807) is 0 Å². The van der Waals surface area contributed by atoms with Crippen LogP contribution in [-0.2, 0) is 16.1 Å². The van der Waals surface area contributed by atoms with Crippen molar-refractivity contribution < 1.29 is 19.8 Å². The average Bonchev–Trinajstić information content (AvgIpc) is 2.97. The van der Waals surface area contributed by atoms with Gasteiger partial charge in [0.15, 0.2) is 0 Å². The Hall–Kier alpha value is -3.26. The second-order valence-corrected chi connectivity index (χ2v) is 4.74. The fraction of sp³-hybridized carbons (Fsp3) is 0.125. The van der Waals surface area contributed by atoms with Crippen LogP contribution in [0, 0.1) is 0 Å². The maximum atomic E-state index is 9.55. The molecule has 0 bridgehead atoms. The molecule has 2 aromatic heterocycles. The molecule has 0 spiro atoms. The molecule has 0 unspecified atom stereocenters. The summed E-state index contributed by atoms with van der Waals surface area (Å²) in [7, 11) is 0. The van der Waals surface area contributed by atoms with E-state index >= 15 is 0 Å². The summed E-state index contributed by atoms with van der Waals surface area (Å²) >= 11 is 0. The summed E-state index contributed by atoms with van der Waals surface area (Å²) < 4.78 is 1.92. The molecule has 0 radical (unpaired) electrons. The summed E-state index contributed by atoms with van der Waals surface area (Å²) in [4.78, 5) is 23.5. The number of pyridine rings is 1. The standard InChI is InChI=1S/C12H12N4.C4H4O4/c13-5-7-16-12-10(8-15-16)4-3-9-2-1-6-14-11(9)12;5-3(6)1-2-4(7)8/h1-4,6,8H,5,7,13H2;1-2H,(H,5,6)(H,7,8)/b;2-1+. The van der Waals surface area contributed by atoms with E-state index in [1.807, 2.05) is 23.1 Å². The zero-order valence-electron chi connectivity index (χ0n) is 12.7. The van der Waals surface area contributed by atoms with E-state index in [0.29, 0.717) is 18.7 Å². The Bertz CT molecular complexity index is 885. The van der Waals surface area contributed by atoms with Crippen LogP contribution in [0.5, 0.6) is 0 Å². The number of carboxylic acid groups (broad SMARTS) is 2. The number of aromatic nitrogens is 3. The molecule has 0 aliphatic rings. The maximum absolute atomic E-state index is 9.55. The molecule has 124 valence electrons. The predicted octanol–water partition coefficient (Wildman–Crippen LogP) is 1.25. The van der Waals surface area contributed by atoms with E-state index in [2.05, 4.69) is 28.3 Å². The lowest BCUT2D eigenvalue weighted by Crippen LogP contribution is -2.10. The summed E-state index contributed by atoms with van der Waals surface area (Å²) in [6, 6.07) is 8.14. The largest absolute Gasteiger partial charge is 0.478 e. The number of fused-ring (bicyclic) bond motifs is 3. The number of nitrogens with two attached hydrogens (primary N) is 1. The van der Waals surface area contributed by atoms with Gasteiger partial charge in [-0.15, -0.1) is 0 Å². The number of benzene rings is 1. The molecule has 24 heavy (non-hydrogen) atoms. The van der Waals surface area contributed by atoms with Gasteiger partial charge in [0, 0.05) is 35.7 Å². The molecular weight excluding hydrogens is 312 g/mol. The number of rotatable bonds is 4. The Morgan fingerprint density at radius 2 is 1.79 bits per heavy atom. The smallest absolute Gasteiger partial charge is 0.328 e. The third-order valence-corrected chi connectivity index (χ3v) is 3.08. The molecule has 8 nitrogen and oxygen atoms in total. The Labute approximate surface area is 136 Å². The molecule has 2 heterocycles. The quantitative estimate of drug-likeness (QED) is 0.614. The molecule has 0 amide bonds. The Kier molecular flexibility index (Phi) is 5.58. The van der Waals surface area contributed by atoms with Crippen molar-refractivity contribution in [2.24, 2.45) is 5.73 Å². The highest BCUT2D eigenvalue weighted by Crippen LogP contribution is 2.22. The SMILES string of the molecule is NCCn1ncc2ccc3cccnc3c21.O=C(O)/C=C/C(=O)O. The first-order chi connectivity index (χ1) is 11.5. The summed E-state index contributed by atoms with van der Waals surface area (Å²) in [6.07, 6.45) is 4.78. The zero-order valence-corrected chi connectivity index (χ0v) is 12.7. The molecule has 4 N–H and O–H groups in total. The second kappa shape index (κ2) is 7.84. The molecule has 0 aliphatic heterocycles. The van der Waals surface area contributed by atoms with E-state index in [9.17, 15) is 9.59 Å². The highest BCUT2D eigenvalue weighted by atomic mass is 16.4. The van der Waals surface area contributed by atoms with Crippen LogP contribution in [0.25, 0.3) is 21.8 Å².